The van der Waals surface area contributed by atoms with Crippen LogP contribution in [0.5, 0.6) is 0 Å². The summed E-state index contributed by atoms with van der Waals surface area (Å²) in [5.41, 5.74) is 1.09. The zero-order chi connectivity index (χ0) is 12.9. The SMILES string of the molecule is CCCNC(c1ccccc1CC)C(F)(F)F. The Morgan fingerprint density at radius 3 is 2.35 bits per heavy atom. The molecule has 0 saturated heterocycles. The maximum absolute atomic E-state index is 13.0. The molecule has 0 aliphatic heterocycles. The first-order chi connectivity index (χ1) is 8.00. The fraction of sp³-hybridized carbons (Fsp3) is 0.538. The van der Waals surface area contributed by atoms with Crippen LogP contribution in [0.1, 0.15) is 37.4 Å². The Bertz CT molecular complexity index is 347. The zero-order valence-electron chi connectivity index (χ0n) is 10.1. The number of halogens is 3. The molecule has 1 rings (SSSR count). The largest absolute Gasteiger partial charge is 0.407 e. The monoisotopic (exact) mass is 245 g/mol. The number of hydrogen-bond donors (Lipinski definition) is 1. The van der Waals surface area contributed by atoms with Crippen LogP contribution in [-0.2, 0) is 6.42 Å². The van der Waals surface area contributed by atoms with E-state index in [1.165, 1.54) is 0 Å². The molecule has 1 atom stereocenters. The number of nitrogens with one attached hydrogen (secondary N) is 1. The van der Waals surface area contributed by atoms with Crippen LogP contribution in [-0.4, -0.2) is 12.7 Å². The third kappa shape index (κ3) is 3.73. The molecular formula is C13H18F3N. The first kappa shape index (κ1) is 14.0. The second kappa shape index (κ2) is 6.05. The summed E-state index contributed by atoms with van der Waals surface area (Å²) in [6, 6.07) is 5.18. The van der Waals surface area contributed by atoms with Gasteiger partial charge in [0.1, 0.15) is 6.04 Å². The molecule has 0 aromatic heterocycles. The molecule has 96 valence electrons. The van der Waals surface area contributed by atoms with Crippen LogP contribution in [0.3, 0.4) is 0 Å². The molecule has 17 heavy (non-hydrogen) atoms. The van der Waals surface area contributed by atoms with Crippen LogP contribution < -0.4 is 5.32 Å². The van der Waals surface area contributed by atoms with Crippen molar-refractivity contribution in [2.24, 2.45) is 0 Å². The van der Waals surface area contributed by atoms with Gasteiger partial charge in [0.2, 0.25) is 0 Å². The van der Waals surface area contributed by atoms with Gasteiger partial charge >= 0.3 is 6.18 Å². The highest BCUT2D eigenvalue weighted by molar-refractivity contribution is 5.31. The summed E-state index contributed by atoms with van der Waals surface area (Å²) < 4.78 is 38.9. The summed E-state index contributed by atoms with van der Waals surface area (Å²) in [7, 11) is 0. The number of hydrogen-bond acceptors (Lipinski definition) is 1. The predicted molar refractivity (Wildman–Crippen MR) is 62.9 cm³/mol. The van der Waals surface area contributed by atoms with Gasteiger partial charge in [-0.1, -0.05) is 38.1 Å². The summed E-state index contributed by atoms with van der Waals surface area (Å²) in [6.45, 7) is 4.08. The first-order valence-corrected chi connectivity index (χ1v) is 5.88. The van der Waals surface area contributed by atoms with Crippen LogP contribution >= 0.6 is 0 Å². The minimum absolute atomic E-state index is 0.343. The molecule has 0 amide bonds. The molecule has 4 heteroatoms. The Balaban J connectivity index is 3.03. The van der Waals surface area contributed by atoms with Crippen molar-refractivity contribution < 1.29 is 13.2 Å². The quantitative estimate of drug-likeness (QED) is 0.830. The van der Waals surface area contributed by atoms with Crippen molar-refractivity contribution in [1.82, 2.24) is 5.32 Å². The third-order valence-electron chi connectivity index (χ3n) is 2.67. The standard InChI is InChI=1S/C13H18F3N/c1-3-9-17-12(13(14,15)16)11-8-6-5-7-10(11)4-2/h5-8,12,17H,3-4,9H2,1-2H3. The van der Waals surface area contributed by atoms with E-state index in [9.17, 15) is 13.2 Å². The molecular weight excluding hydrogens is 227 g/mol. The third-order valence-corrected chi connectivity index (χ3v) is 2.67. The van der Waals surface area contributed by atoms with Crippen LogP contribution in [0.15, 0.2) is 24.3 Å². The van der Waals surface area contributed by atoms with E-state index < -0.39 is 12.2 Å². The number of benzene rings is 1. The van der Waals surface area contributed by atoms with Gasteiger partial charge in [0, 0.05) is 0 Å². The molecule has 0 bridgehead atoms. The second-order valence-electron chi connectivity index (χ2n) is 3.98. The number of alkyl halides is 3. The fourth-order valence-electron chi connectivity index (χ4n) is 1.83. The van der Waals surface area contributed by atoms with E-state index in [1.54, 1.807) is 24.3 Å². The van der Waals surface area contributed by atoms with E-state index in [2.05, 4.69) is 5.32 Å². The van der Waals surface area contributed by atoms with Crippen LogP contribution in [0.4, 0.5) is 13.2 Å². The number of aryl methyl sites for hydroxylation is 1. The molecule has 0 saturated carbocycles. The summed E-state index contributed by atoms with van der Waals surface area (Å²) >= 11 is 0. The fourth-order valence-corrected chi connectivity index (χ4v) is 1.83. The molecule has 1 aromatic carbocycles. The lowest BCUT2D eigenvalue weighted by Gasteiger charge is -2.24. The molecule has 1 unspecified atom stereocenters. The molecule has 0 radical (unpaired) electrons. The predicted octanol–water partition coefficient (Wildman–Crippen LogP) is 3.85. The molecule has 0 spiro atoms. The highest BCUT2D eigenvalue weighted by Crippen LogP contribution is 2.34. The average molecular weight is 245 g/mol. The summed E-state index contributed by atoms with van der Waals surface area (Å²) in [4.78, 5) is 0. The highest BCUT2D eigenvalue weighted by Gasteiger charge is 2.40. The van der Waals surface area contributed by atoms with Gasteiger partial charge in [0.25, 0.3) is 0 Å². The van der Waals surface area contributed by atoms with Crippen LogP contribution in [0.2, 0.25) is 0 Å². The lowest BCUT2D eigenvalue weighted by molar-refractivity contribution is -0.157. The van der Waals surface area contributed by atoms with Gasteiger partial charge in [-0.25, -0.2) is 0 Å². The van der Waals surface area contributed by atoms with Crippen molar-refractivity contribution in [2.75, 3.05) is 6.54 Å². The van der Waals surface area contributed by atoms with Crippen molar-refractivity contribution in [3.63, 3.8) is 0 Å². The van der Waals surface area contributed by atoms with Gasteiger partial charge < -0.3 is 5.32 Å². The molecule has 1 nitrogen and oxygen atoms in total. The lowest BCUT2D eigenvalue weighted by Crippen LogP contribution is -2.35. The van der Waals surface area contributed by atoms with Crippen LogP contribution in [0.25, 0.3) is 0 Å². The Morgan fingerprint density at radius 2 is 1.82 bits per heavy atom. The Kier molecular flexibility index (Phi) is 5.00. The zero-order valence-corrected chi connectivity index (χ0v) is 10.1. The van der Waals surface area contributed by atoms with Crippen molar-refractivity contribution in [3.8, 4) is 0 Å². The topological polar surface area (TPSA) is 12.0 Å². The maximum atomic E-state index is 13.0. The Morgan fingerprint density at radius 1 is 1.18 bits per heavy atom. The van der Waals surface area contributed by atoms with Gasteiger partial charge in [-0.2, -0.15) is 13.2 Å². The Labute approximate surface area is 100 Å². The molecule has 0 fully saturated rings. The maximum Gasteiger partial charge on any atom is 0.407 e. The van der Waals surface area contributed by atoms with Gasteiger partial charge in [0.15, 0.2) is 0 Å². The molecule has 1 aromatic rings. The smallest absolute Gasteiger partial charge is 0.302 e. The van der Waals surface area contributed by atoms with E-state index in [0.717, 1.165) is 5.56 Å². The molecule has 1 N–H and O–H groups in total. The van der Waals surface area contributed by atoms with Crippen molar-refractivity contribution in [2.45, 2.75) is 38.9 Å². The first-order valence-electron chi connectivity index (χ1n) is 5.88. The molecule has 0 heterocycles. The van der Waals surface area contributed by atoms with E-state index in [4.69, 9.17) is 0 Å². The van der Waals surface area contributed by atoms with Crippen molar-refractivity contribution >= 4 is 0 Å². The summed E-state index contributed by atoms with van der Waals surface area (Å²) in [5.74, 6) is 0. The van der Waals surface area contributed by atoms with E-state index in [0.29, 0.717) is 24.9 Å². The van der Waals surface area contributed by atoms with Gasteiger partial charge in [0.05, 0.1) is 0 Å². The second-order valence-corrected chi connectivity index (χ2v) is 3.98. The van der Waals surface area contributed by atoms with Gasteiger partial charge in [-0.15, -0.1) is 0 Å². The van der Waals surface area contributed by atoms with E-state index >= 15 is 0 Å². The van der Waals surface area contributed by atoms with Crippen molar-refractivity contribution in [1.29, 1.82) is 0 Å². The highest BCUT2D eigenvalue weighted by atomic mass is 19.4. The average Bonchev–Trinajstić information content (AvgIpc) is 2.28. The Hall–Kier alpha value is -1.03. The van der Waals surface area contributed by atoms with Crippen molar-refractivity contribution in [3.05, 3.63) is 35.4 Å². The molecule has 0 aliphatic rings. The summed E-state index contributed by atoms with van der Waals surface area (Å²) in [6.07, 6.45) is -2.96. The normalized spacial score (nSPS) is 13.7. The number of rotatable bonds is 5. The van der Waals surface area contributed by atoms with E-state index in [-0.39, 0.29) is 0 Å². The van der Waals surface area contributed by atoms with Crippen LogP contribution in [0, 0.1) is 0 Å². The molecule has 0 aliphatic carbocycles. The minimum Gasteiger partial charge on any atom is -0.302 e. The lowest BCUT2D eigenvalue weighted by atomic mass is 9.98. The van der Waals surface area contributed by atoms with Gasteiger partial charge in [-0.05, 0) is 30.5 Å². The summed E-state index contributed by atoms with van der Waals surface area (Å²) in [5, 5.41) is 2.58. The minimum atomic E-state index is -4.25. The van der Waals surface area contributed by atoms with E-state index in [1.807, 2.05) is 13.8 Å². The van der Waals surface area contributed by atoms with Gasteiger partial charge in [-0.3, -0.25) is 0 Å².